The van der Waals surface area contributed by atoms with Crippen molar-refractivity contribution in [3.8, 4) is 17.0 Å². The van der Waals surface area contributed by atoms with E-state index in [0.29, 0.717) is 18.0 Å². The molecule has 0 spiro atoms. The van der Waals surface area contributed by atoms with Gasteiger partial charge in [0, 0.05) is 54.1 Å². The van der Waals surface area contributed by atoms with Gasteiger partial charge in [0.25, 0.3) is 5.91 Å². The molecule has 3 aliphatic rings. The molecule has 3 N–H and O–H groups in total. The minimum absolute atomic E-state index is 0.253. The van der Waals surface area contributed by atoms with Crippen LogP contribution in [0, 0.1) is 0 Å². The predicted octanol–water partition coefficient (Wildman–Crippen LogP) is 4.10. The number of rotatable bonds is 5. The first kappa shape index (κ1) is 24.5. The molecule has 2 fully saturated rings. The first-order chi connectivity index (χ1) is 17.6. The molecule has 0 saturated heterocycles. The number of ether oxygens (including phenoxy) is 1. The van der Waals surface area contributed by atoms with Crippen molar-refractivity contribution >= 4 is 27.0 Å². The second-order valence-corrected chi connectivity index (χ2v) is 13.0. The number of amides is 1. The molecular weight excluding hydrogens is 488 g/mol. The Morgan fingerprint density at radius 2 is 1.89 bits per heavy atom. The fourth-order valence-corrected chi connectivity index (χ4v) is 6.96. The monoisotopic (exact) mass is 522 g/mol. The van der Waals surface area contributed by atoms with Crippen LogP contribution in [0.4, 0.5) is 0 Å². The van der Waals surface area contributed by atoms with E-state index in [1.807, 2.05) is 18.2 Å². The van der Waals surface area contributed by atoms with Crippen molar-refractivity contribution in [3.63, 3.8) is 0 Å². The van der Waals surface area contributed by atoms with Crippen LogP contribution >= 0.6 is 0 Å². The first-order valence-corrected chi connectivity index (χ1v) is 14.4. The summed E-state index contributed by atoms with van der Waals surface area (Å²) in [5.74, 6) is 0.872. The molecule has 8 nitrogen and oxygen atoms in total. The van der Waals surface area contributed by atoms with Crippen molar-refractivity contribution in [2.75, 3.05) is 21.2 Å². The quantitative estimate of drug-likeness (QED) is 0.525. The van der Waals surface area contributed by atoms with Crippen molar-refractivity contribution in [2.24, 2.45) is 5.73 Å². The molecule has 0 bridgehead atoms. The zero-order valence-electron chi connectivity index (χ0n) is 21.6. The Balaban J connectivity index is 1.57. The number of nitrogens with zero attached hydrogens (tertiary/aromatic N) is 2. The van der Waals surface area contributed by atoms with Crippen molar-refractivity contribution in [3.05, 3.63) is 53.1 Å². The average Bonchev–Trinajstić information content (AvgIpc) is 3.47. The number of hydrogen-bond donors (Lipinski definition) is 2. The summed E-state index contributed by atoms with van der Waals surface area (Å²) in [6.07, 6.45) is 6.84. The van der Waals surface area contributed by atoms with E-state index in [9.17, 15) is 13.2 Å². The van der Waals surface area contributed by atoms with Crippen LogP contribution < -0.4 is 15.2 Å². The molecule has 196 valence electrons. The fraction of sp³-hybridized carbons (Fsp3) is 0.464. The third-order valence-corrected chi connectivity index (χ3v) is 9.95. The van der Waals surface area contributed by atoms with E-state index < -0.39 is 16.1 Å². The Morgan fingerprint density at radius 1 is 1.14 bits per heavy atom. The second-order valence-electron chi connectivity index (χ2n) is 11.1. The van der Waals surface area contributed by atoms with Gasteiger partial charge in [0.2, 0.25) is 0 Å². The molecule has 0 radical (unpaired) electrons. The Labute approximate surface area is 218 Å². The lowest BCUT2D eigenvalue weighted by Gasteiger charge is -2.24. The molecule has 1 aliphatic heterocycles. The minimum Gasteiger partial charge on any atom is -0.497 e. The molecule has 1 aromatic heterocycles. The number of methoxy groups -OCH3 is 1. The van der Waals surface area contributed by atoms with Crippen molar-refractivity contribution in [1.29, 1.82) is 0 Å². The molecule has 0 unspecified atom stereocenters. The second kappa shape index (κ2) is 8.58. The summed E-state index contributed by atoms with van der Waals surface area (Å²) < 4.78 is 35.6. The van der Waals surface area contributed by atoms with E-state index in [1.165, 1.54) is 55.7 Å². The van der Waals surface area contributed by atoms with Crippen LogP contribution in [0.3, 0.4) is 0 Å². The summed E-state index contributed by atoms with van der Waals surface area (Å²) in [7, 11) is 0.572. The molecule has 9 heteroatoms. The van der Waals surface area contributed by atoms with E-state index >= 15 is 0 Å². The lowest BCUT2D eigenvalue weighted by atomic mass is 9.81. The third-order valence-electron chi connectivity index (χ3n) is 8.54. The van der Waals surface area contributed by atoms with Crippen LogP contribution in [0.25, 0.3) is 22.2 Å². The Morgan fingerprint density at radius 3 is 2.59 bits per heavy atom. The van der Waals surface area contributed by atoms with E-state index in [1.54, 1.807) is 13.2 Å². The van der Waals surface area contributed by atoms with Crippen molar-refractivity contribution < 1.29 is 17.9 Å². The zero-order chi connectivity index (χ0) is 26.1. The van der Waals surface area contributed by atoms with Gasteiger partial charge in [0.1, 0.15) is 5.75 Å². The maximum atomic E-state index is 13.0. The topological polar surface area (TPSA) is 107 Å². The van der Waals surface area contributed by atoms with Gasteiger partial charge in [0.15, 0.2) is 0 Å². The van der Waals surface area contributed by atoms with Crippen LogP contribution in [0.2, 0.25) is 0 Å². The van der Waals surface area contributed by atoms with Gasteiger partial charge in [-0.15, -0.1) is 0 Å². The zero-order valence-corrected chi connectivity index (χ0v) is 22.4. The summed E-state index contributed by atoms with van der Waals surface area (Å²) >= 11 is 0. The number of benzene rings is 2. The average molecular weight is 523 g/mol. The number of nitrogens with two attached hydrogens (primary N) is 1. The largest absolute Gasteiger partial charge is 0.497 e. The SMILES string of the molecule is COc1ccc2c(c1)[C@H]1C[C@@]1(N)Cn1c-2c(C2CCCCC2)c2ccc(C(=O)NS(=O)(=O)N(C)C)cc21. The van der Waals surface area contributed by atoms with Crippen LogP contribution in [0.1, 0.15) is 71.8 Å². The Hall–Kier alpha value is -2.88. The van der Waals surface area contributed by atoms with Gasteiger partial charge in [-0.1, -0.05) is 25.3 Å². The first-order valence-electron chi connectivity index (χ1n) is 13.0. The molecule has 6 rings (SSSR count). The van der Waals surface area contributed by atoms with E-state index in [2.05, 4.69) is 21.4 Å². The summed E-state index contributed by atoms with van der Waals surface area (Å²) in [6.45, 7) is 0.647. The maximum absolute atomic E-state index is 13.0. The van der Waals surface area contributed by atoms with Crippen LogP contribution in [0.15, 0.2) is 36.4 Å². The molecule has 2 aliphatic carbocycles. The molecule has 2 saturated carbocycles. The van der Waals surface area contributed by atoms with Crippen LogP contribution in [-0.4, -0.2) is 49.9 Å². The third kappa shape index (κ3) is 3.95. The number of hydrogen-bond acceptors (Lipinski definition) is 5. The summed E-state index contributed by atoms with van der Waals surface area (Å²) in [4.78, 5) is 13.0. The standard InChI is InChI=1S/C28H34N4O4S/c1-31(2)37(34,35)30-27(33)18-9-11-21-24(13-18)32-16-28(29)15-23(28)22-14-19(36-3)10-12-20(22)26(32)25(21)17-7-5-4-6-8-17/h9-14,17,23H,4-8,15-16,29H2,1-3H3,(H,30,33)/t23-,28-/m1/s1. The summed E-state index contributed by atoms with van der Waals surface area (Å²) in [5, 5.41) is 1.12. The lowest BCUT2D eigenvalue weighted by molar-refractivity contribution is 0.0980. The van der Waals surface area contributed by atoms with E-state index in [0.717, 1.165) is 40.2 Å². The van der Waals surface area contributed by atoms with Crippen molar-refractivity contribution in [1.82, 2.24) is 13.6 Å². The molecule has 2 heterocycles. The fourth-order valence-electron chi connectivity index (χ4n) is 6.43. The van der Waals surface area contributed by atoms with Gasteiger partial charge in [-0.25, -0.2) is 4.72 Å². The molecule has 1 amide bonds. The molecule has 2 atom stereocenters. The van der Waals surface area contributed by atoms with Gasteiger partial charge in [-0.05, 0) is 66.6 Å². The highest BCUT2D eigenvalue weighted by Gasteiger charge is 2.55. The van der Waals surface area contributed by atoms with Gasteiger partial charge in [0.05, 0.1) is 12.8 Å². The number of carbonyl (C=O) groups excluding carboxylic acids is 1. The number of fused-ring (bicyclic) bond motifs is 7. The van der Waals surface area contributed by atoms with Gasteiger partial charge >= 0.3 is 10.2 Å². The smallest absolute Gasteiger partial charge is 0.303 e. The maximum Gasteiger partial charge on any atom is 0.303 e. The van der Waals surface area contributed by atoms with Gasteiger partial charge in [-0.3, -0.25) is 4.79 Å². The predicted molar refractivity (Wildman–Crippen MR) is 144 cm³/mol. The Bertz CT molecular complexity index is 1520. The normalized spacial score (nSPS) is 23.2. The molecule has 37 heavy (non-hydrogen) atoms. The molecular formula is C28H34N4O4S. The highest BCUT2D eigenvalue weighted by atomic mass is 32.2. The van der Waals surface area contributed by atoms with Crippen LogP contribution in [-0.2, 0) is 16.8 Å². The van der Waals surface area contributed by atoms with Crippen molar-refractivity contribution in [2.45, 2.75) is 62.4 Å². The number of aromatic nitrogens is 1. The van der Waals surface area contributed by atoms with E-state index in [-0.39, 0.29) is 11.5 Å². The van der Waals surface area contributed by atoms with E-state index in [4.69, 9.17) is 10.5 Å². The lowest BCUT2D eigenvalue weighted by Crippen LogP contribution is -2.39. The molecule has 2 aromatic carbocycles. The van der Waals surface area contributed by atoms with Gasteiger partial charge < -0.3 is 15.0 Å². The highest BCUT2D eigenvalue weighted by Crippen LogP contribution is 2.58. The van der Waals surface area contributed by atoms with Crippen LogP contribution in [0.5, 0.6) is 5.75 Å². The number of nitrogens with one attached hydrogen (secondary N) is 1. The molecule has 3 aromatic rings. The van der Waals surface area contributed by atoms with Gasteiger partial charge in [-0.2, -0.15) is 12.7 Å². The highest BCUT2D eigenvalue weighted by molar-refractivity contribution is 7.87. The summed E-state index contributed by atoms with van der Waals surface area (Å²) in [6, 6.07) is 11.9. The number of carbonyl (C=O) groups is 1. The minimum atomic E-state index is -3.90. The Kier molecular flexibility index (Phi) is 5.67. The summed E-state index contributed by atoms with van der Waals surface area (Å²) in [5.41, 5.74) is 12.8.